The molecule has 0 aromatic carbocycles. The zero-order chi connectivity index (χ0) is 13.1. The van der Waals surface area contributed by atoms with Crippen LogP contribution in [0.5, 0.6) is 5.88 Å². The number of aromatic nitrogens is 2. The second kappa shape index (κ2) is 4.89. The van der Waals surface area contributed by atoms with Crippen LogP contribution in [-0.4, -0.2) is 21.0 Å². The van der Waals surface area contributed by atoms with Crippen LogP contribution in [0.1, 0.15) is 10.4 Å². The summed E-state index contributed by atoms with van der Waals surface area (Å²) in [7, 11) is 0. The molecule has 6 nitrogen and oxygen atoms in total. The summed E-state index contributed by atoms with van der Waals surface area (Å²) in [5.74, 6) is -0.948. The van der Waals surface area contributed by atoms with E-state index in [2.05, 4.69) is 15.3 Å². The number of aromatic amines is 1. The van der Waals surface area contributed by atoms with E-state index in [9.17, 15) is 14.7 Å². The summed E-state index contributed by atoms with van der Waals surface area (Å²) in [6.07, 6.45) is 2.87. The van der Waals surface area contributed by atoms with E-state index in [1.165, 1.54) is 18.5 Å². The van der Waals surface area contributed by atoms with Gasteiger partial charge in [0.25, 0.3) is 11.5 Å². The van der Waals surface area contributed by atoms with Crippen molar-refractivity contribution in [2.45, 2.75) is 0 Å². The van der Waals surface area contributed by atoms with Crippen molar-refractivity contribution in [1.82, 2.24) is 9.97 Å². The van der Waals surface area contributed by atoms with Gasteiger partial charge in [-0.1, -0.05) is 11.6 Å². The van der Waals surface area contributed by atoms with Gasteiger partial charge in [0.2, 0.25) is 0 Å². The van der Waals surface area contributed by atoms with Crippen LogP contribution in [0.4, 0.5) is 5.69 Å². The molecule has 0 aliphatic rings. The van der Waals surface area contributed by atoms with Crippen LogP contribution >= 0.6 is 11.6 Å². The van der Waals surface area contributed by atoms with Crippen LogP contribution in [0.25, 0.3) is 0 Å². The van der Waals surface area contributed by atoms with E-state index >= 15 is 0 Å². The van der Waals surface area contributed by atoms with E-state index in [1.807, 2.05) is 0 Å². The lowest BCUT2D eigenvalue weighted by molar-refractivity contribution is 0.102. The van der Waals surface area contributed by atoms with Crippen molar-refractivity contribution >= 4 is 23.2 Å². The van der Waals surface area contributed by atoms with Crippen molar-refractivity contribution < 1.29 is 9.90 Å². The van der Waals surface area contributed by atoms with Crippen LogP contribution < -0.4 is 10.9 Å². The molecule has 92 valence electrons. The van der Waals surface area contributed by atoms with Crippen LogP contribution in [0.2, 0.25) is 5.02 Å². The molecule has 7 heteroatoms. The van der Waals surface area contributed by atoms with Gasteiger partial charge in [0.05, 0.1) is 22.5 Å². The summed E-state index contributed by atoms with van der Waals surface area (Å²) in [6.45, 7) is 0. The van der Waals surface area contributed by atoms with Crippen LogP contribution in [-0.2, 0) is 0 Å². The Kier molecular flexibility index (Phi) is 3.29. The largest absolute Gasteiger partial charge is 0.494 e. The molecule has 0 atom stereocenters. The number of pyridine rings is 2. The van der Waals surface area contributed by atoms with Crippen molar-refractivity contribution in [3.8, 4) is 5.88 Å². The standard InChI is InChI=1S/C11H8ClN3O3/c12-7-1-2-13-5-8(7)14-11(18)6-3-9(16)15-10(17)4-6/h1-5H,(H,14,18)(H2,15,16,17). The summed E-state index contributed by atoms with van der Waals surface area (Å²) in [6, 6.07) is 3.73. The summed E-state index contributed by atoms with van der Waals surface area (Å²) in [5, 5.41) is 12.0. The average molecular weight is 266 g/mol. The number of halogens is 1. The smallest absolute Gasteiger partial charge is 0.256 e. The maximum absolute atomic E-state index is 11.8. The van der Waals surface area contributed by atoms with Gasteiger partial charge < -0.3 is 10.4 Å². The van der Waals surface area contributed by atoms with Crippen LogP contribution in [0, 0.1) is 0 Å². The van der Waals surface area contributed by atoms with E-state index in [-0.39, 0.29) is 11.4 Å². The molecule has 2 aromatic rings. The Labute approximate surface area is 106 Å². The van der Waals surface area contributed by atoms with E-state index in [0.717, 1.165) is 12.1 Å². The molecular formula is C11H8ClN3O3. The van der Waals surface area contributed by atoms with Gasteiger partial charge in [0.1, 0.15) is 0 Å². The third kappa shape index (κ3) is 2.67. The molecule has 0 saturated carbocycles. The second-order valence-electron chi connectivity index (χ2n) is 3.43. The lowest BCUT2D eigenvalue weighted by Gasteiger charge is -2.06. The molecule has 0 spiro atoms. The minimum Gasteiger partial charge on any atom is -0.494 e. The van der Waals surface area contributed by atoms with Crippen molar-refractivity contribution in [3.63, 3.8) is 0 Å². The summed E-state index contributed by atoms with van der Waals surface area (Å²) < 4.78 is 0. The number of H-pyrrole nitrogens is 1. The molecule has 2 heterocycles. The van der Waals surface area contributed by atoms with E-state index in [1.54, 1.807) is 0 Å². The maximum atomic E-state index is 11.8. The molecule has 0 aliphatic carbocycles. The Morgan fingerprint density at radius 3 is 2.89 bits per heavy atom. The number of rotatable bonds is 2. The maximum Gasteiger partial charge on any atom is 0.256 e. The predicted octanol–water partition coefficient (Wildman–Crippen LogP) is 1.38. The molecule has 18 heavy (non-hydrogen) atoms. The van der Waals surface area contributed by atoms with Gasteiger partial charge in [0.15, 0.2) is 5.88 Å². The monoisotopic (exact) mass is 265 g/mol. The second-order valence-corrected chi connectivity index (χ2v) is 3.84. The Morgan fingerprint density at radius 1 is 1.44 bits per heavy atom. The number of nitrogens with one attached hydrogen (secondary N) is 2. The highest BCUT2D eigenvalue weighted by atomic mass is 35.5. The Bertz CT molecular complexity index is 654. The van der Waals surface area contributed by atoms with E-state index < -0.39 is 11.5 Å². The number of carbonyl (C=O) groups is 1. The lowest BCUT2D eigenvalue weighted by Crippen LogP contribution is -2.16. The number of amides is 1. The molecule has 0 unspecified atom stereocenters. The molecule has 0 aliphatic heterocycles. The van der Waals surface area contributed by atoms with Gasteiger partial charge in [-0.05, 0) is 6.07 Å². The molecule has 3 N–H and O–H groups in total. The predicted molar refractivity (Wildman–Crippen MR) is 65.9 cm³/mol. The molecule has 0 radical (unpaired) electrons. The number of hydrogen-bond donors (Lipinski definition) is 3. The quantitative estimate of drug-likeness (QED) is 0.764. The number of aromatic hydroxyl groups is 1. The Balaban J connectivity index is 2.28. The van der Waals surface area contributed by atoms with Gasteiger partial charge in [-0.3, -0.25) is 19.6 Å². The SMILES string of the molecule is O=C(Nc1cnccc1Cl)c1cc(O)[nH]c(=O)c1. The zero-order valence-corrected chi connectivity index (χ0v) is 9.73. The first-order valence-electron chi connectivity index (χ1n) is 4.90. The minimum atomic E-state index is -0.572. The van der Waals surface area contributed by atoms with Gasteiger partial charge in [-0.15, -0.1) is 0 Å². The topological polar surface area (TPSA) is 95.1 Å². The average Bonchev–Trinajstić information content (AvgIpc) is 2.31. The fourth-order valence-corrected chi connectivity index (χ4v) is 1.48. The Morgan fingerprint density at radius 2 is 2.22 bits per heavy atom. The summed E-state index contributed by atoms with van der Waals surface area (Å²) in [4.78, 5) is 28.8. The summed E-state index contributed by atoms with van der Waals surface area (Å²) in [5.41, 5.74) is -0.224. The highest BCUT2D eigenvalue weighted by Gasteiger charge is 2.10. The van der Waals surface area contributed by atoms with E-state index in [4.69, 9.17) is 11.6 Å². The van der Waals surface area contributed by atoms with Gasteiger partial charge >= 0.3 is 0 Å². The van der Waals surface area contributed by atoms with Crippen LogP contribution in [0.15, 0.2) is 35.4 Å². The van der Waals surface area contributed by atoms with E-state index in [0.29, 0.717) is 10.7 Å². The fourth-order valence-electron chi connectivity index (χ4n) is 1.32. The first-order chi connectivity index (χ1) is 8.56. The molecule has 2 rings (SSSR count). The van der Waals surface area contributed by atoms with Gasteiger partial charge in [-0.2, -0.15) is 0 Å². The third-order valence-electron chi connectivity index (χ3n) is 2.11. The number of anilines is 1. The van der Waals surface area contributed by atoms with Crippen molar-refractivity contribution in [3.05, 3.63) is 51.5 Å². The highest BCUT2D eigenvalue weighted by Crippen LogP contribution is 2.19. The minimum absolute atomic E-state index is 0.0242. The van der Waals surface area contributed by atoms with Crippen molar-refractivity contribution in [2.24, 2.45) is 0 Å². The fraction of sp³-hybridized carbons (Fsp3) is 0. The normalized spacial score (nSPS) is 10.1. The first-order valence-corrected chi connectivity index (χ1v) is 5.28. The van der Waals surface area contributed by atoms with Crippen molar-refractivity contribution in [1.29, 1.82) is 0 Å². The third-order valence-corrected chi connectivity index (χ3v) is 2.44. The zero-order valence-electron chi connectivity index (χ0n) is 8.98. The van der Waals surface area contributed by atoms with Gasteiger partial charge in [0, 0.05) is 18.3 Å². The molecule has 2 aromatic heterocycles. The molecule has 0 saturated heterocycles. The first kappa shape index (κ1) is 12.1. The number of hydrogen-bond acceptors (Lipinski definition) is 4. The van der Waals surface area contributed by atoms with Crippen molar-refractivity contribution in [2.75, 3.05) is 5.32 Å². The lowest BCUT2D eigenvalue weighted by atomic mass is 10.2. The molecular weight excluding hydrogens is 258 g/mol. The van der Waals surface area contributed by atoms with Gasteiger partial charge in [-0.25, -0.2) is 0 Å². The molecule has 0 bridgehead atoms. The number of carbonyl (C=O) groups excluding carboxylic acids is 1. The molecule has 1 amide bonds. The number of nitrogens with zero attached hydrogens (tertiary/aromatic N) is 1. The Hall–Kier alpha value is -2.34. The summed E-state index contributed by atoms with van der Waals surface area (Å²) >= 11 is 5.85. The molecule has 0 fully saturated rings. The van der Waals surface area contributed by atoms with Crippen LogP contribution in [0.3, 0.4) is 0 Å². The highest BCUT2D eigenvalue weighted by molar-refractivity contribution is 6.33.